The van der Waals surface area contributed by atoms with Crippen molar-refractivity contribution >= 4 is 51.0 Å². The third kappa shape index (κ3) is 6.33. The summed E-state index contributed by atoms with van der Waals surface area (Å²) in [5.74, 6) is -1.37. The third-order valence-corrected chi connectivity index (χ3v) is 8.74. The number of hydrogen-bond acceptors (Lipinski definition) is 4. The number of carbonyl (C=O) groups excluding carboxylic acids is 1. The Kier molecular flexibility index (Phi) is 8.48. The van der Waals surface area contributed by atoms with Crippen molar-refractivity contribution in [2.75, 3.05) is 6.54 Å². The molecule has 2 aliphatic heterocycles. The van der Waals surface area contributed by atoms with Gasteiger partial charge < -0.3 is 19.5 Å². The first-order valence-electron chi connectivity index (χ1n) is 13.1. The molecule has 4 atom stereocenters. The van der Waals surface area contributed by atoms with Crippen LogP contribution in [0.15, 0.2) is 71.2 Å². The Labute approximate surface area is 252 Å². The van der Waals surface area contributed by atoms with E-state index in [1.165, 1.54) is 4.90 Å². The van der Waals surface area contributed by atoms with E-state index in [4.69, 9.17) is 32.7 Å². The van der Waals surface area contributed by atoms with Crippen molar-refractivity contribution in [1.29, 1.82) is 0 Å². The van der Waals surface area contributed by atoms with Gasteiger partial charge in [-0.3, -0.25) is 9.59 Å². The highest BCUT2D eigenvalue weighted by atomic mass is 79.9. The molecule has 2 heterocycles. The van der Waals surface area contributed by atoms with Crippen molar-refractivity contribution in [2.45, 2.75) is 51.0 Å². The van der Waals surface area contributed by atoms with Crippen LogP contribution in [0.1, 0.15) is 43.1 Å². The normalized spacial score (nSPS) is 22.9. The predicted molar refractivity (Wildman–Crippen MR) is 158 cm³/mol. The Morgan fingerprint density at radius 1 is 1.02 bits per heavy atom. The van der Waals surface area contributed by atoms with Gasteiger partial charge in [-0.1, -0.05) is 63.4 Å². The number of aliphatic carboxylic acids is 1. The highest BCUT2D eigenvalue weighted by Crippen LogP contribution is 2.53. The zero-order valence-electron chi connectivity index (χ0n) is 22.1. The molecule has 3 aromatic rings. The summed E-state index contributed by atoms with van der Waals surface area (Å²) in [6.07, 6.45) is 0.129. The standard InChI is InChI=1S/C31H30BrCl2NO5/c1-31(2)25-15-24(30(38)35(17-28(36)37)16-18-6-8-21(33)9-7-18)27(13-19-4-3-5-20(32)12-19)39-29(25)23-14-22(34)10-11-26(23)40-31/h3-12,14,24-25,27,29H,13,15-17H2,1-2H3,(H,36,37)/t24-,25+,27+,29-/m0/s1. The Morgan fingerprint density at radius 3 is 2.45 bits per heavy atom. The van der Waals surface area contributed by atoms with E-state index < -0.39 is 30.1 Å². The summed E-state index contributed by atoms with van der Waals surface area (Å²) in [6, 6.07) is 20.5. The molecule has 210 valence electrons. The number of fused-ring (bicyclic) bond motifs is 3. The Morgan fingerprint density at radius 2 is 1.75 bits per heavy atom. The molecule has 6 nitrogen and oxygen atoms in total. The minimum Gasteiger partial charge on any atom is -0.487 e. The lowest BCUT2D eigenvalue weighted by molar-refractivity contribution is -0.184. The fraction of sp³-hybridized carbons (Fsp3) is 0.355. The van der Waals surface area contributed by atoms with Gasteiger partial charge in [0.15, 0.2) is 0 Å². The summed E-state index contributed by atoms with van der Waals surface area (Å²) in [5.41, 5.74) is 2.04. The lowest BCUT2D eigenvalue weighted by Gasteiger charge is -2.51. The third-order valence-electron chi connectivity index (χ3n) is 7.76. The molecular weight excluding hydrogens is 617 g/mol. The first kappa shape index (κ1) is 28.9. The topological polar surface area (TPSA) is 76.1 Å². The lowest BCUT2D eigenvalue weighted by Crippen LogP contribution is -2.55. The molecule has 0 bridgehead atoms. The van der Waals surface area contributed by atoms with E-state index in [-0.39, 0.29) is 24.5 Å². The monoisotopic (exact) mass is 645 g/mol. The van der Waals surface area contributed by atoms with E-state index >= 15 is 0 Å². The van der Waals surface area contributed by atoms with Crippen LogP contribution in [0.3, 0.4) is 0 Å². The summed E-state index contributed by atoms with van der Waals surface area (Å²) in [4.78, 5) is 27.5. The zero-order valence-corrected chi connectivity index (χ0v) is 25.2. The Hall–Kier alpha value is -2.58. The van der Waals surface area contributed by atoms with Gasteiger partial charge in [-0.05, 0) is 80.3 Å². The summed E-state index contributed by atoms with van der Waals surface area (Å²) >= 11 is 16.0. The van der Waals surface area contributed by atoms with Crippen LogP contribution in [0.4, 0.5) is 0 Å². The maximum atomic E-state index is 14.2. The van der Waals surface area contributed by atoms with Crippen LogP contribution in [0.2, 0.25) is 10.0 Å². The van der Waals surface area contributed by atoms with Gasteiger partial charge >= 0.3 is 5.97 Å². The van der Waals surface area contributed by atoms with Crippen LogP contribution in [-0.2, 0) is 27.3 Å². The number of carboxylic acids is 1. The molecule has 1 N–H and O–H groups in total. The average molecular weight is 647 g/mol. The minimum atomic E-state index is -1.08. The Bertz CT molecular complexity index is 1410. The molecule has 0 aliphatic carbocycles. The number of hydrogen-bond donors (Lipinski definition) is 1. The molecule has 40 heavy (non-hydrogen) atoms. The first-order valence-corrected chi connectivity index (χ1v) is 14.7. The number of amides is 1. The maximum Gasteiger partial charge on any atom is 0.323 e. The van der Waals surface area contributed by atoms with Gasteiger partial charge in [0.2, 0.25) is 5.91 Å². The van der Waals surface area contributed by atoms with Crippen molar-refractivity contribution in [3.05, 3.63) is 97.9 Å². The minimum absolute atomic E-state index is 0.148. The van der Waals surface area contributed by atoms with E-state index in [0.717, 1.165) is 26.9 Å². The van der Waals surface area contributed by atoms with E-state index in [1.54, 1.807) is 30.3 Å². The highest BCUT2D eigenvalue weighted by Gasteiger charge is 2.52. The van der Waals surface area contributed by atoms with Gasteiger partial charge in [-0.2, -0.15) is 0 Å². The summed E-state index contributed by atoms with van der Waals surface area (Å²) in [7, 11) is 0. The van der Waals surface area contributed by atoms with Gasteiger partial charge in [0, 0.05) is 32.5 Å². The molecular formula is C31H30BrCl2NO5. The smallest absolute Gasteiger partial charge is 0.323 e. The number of rotatable bonds is 7. The molecule has 1 amide bonds. The van der Waals surface area contributed by atoms with Crippen LogP contribution >= 0.6 is 39.1 Å². The number of carboxylic acid groups (broad SMARTS) is 1. The zero-order chi connectivity index (χ0) is 28.6. The molecule has 0 aromatic heterocycles. The molecule has 0 unspecified atom stereocenters. The molecule has 0 saturated carbocycles. The quantitative estimate of drug-likeness (QED) is 0.291. The summed E-state index contributed by atoms with van der Waals surface area (Å²) in [6.45, 7) is 3.73. The SMILES string of the molecule is CC1(C)Oc2ccc(Cl)cc2[C@@H]2O[C@H](Cc3cccc(Br)c3)[C@@H](C(=O)N(CC(=O)O)Cc3ccc(Cl)cc3)C[C@H]21. The first-order chi connectivity index (χ1) is 19.0. The molecule has 0 spiro atoms. The number of nitrogens with zero attached hydrogens (tertiary/aromatic N) is 1. The Balaban J connectivity index is 1.52. The molecule has 3 aromatic carbocycles. The molecule has 9 heteroatoms. The van der Waals surface area contributed by atoms with Crippen molar-refractivity contribution < 1.29 is 24.2 Å². The fourth-order valence-electron chi connectivity index (χ4n) is 5.83. The van der Waals surface area contributed by atoms with E-state index in [1.807, 2.05) is 50.2 Å². The van der Waals surface area contributed by atoms with Crippen LogP contribution in [-0.4, -0.2) is 40.1 Å². The van der Waals surface area contributed by atoms with E-state index in [2.05, 4.69) is 15.9 Å². The maximum absolute atomic E-state index is 14.2. The van der Waals surface area contributed by atoms with Gasteiger partial charge in [0.25, 0.3) is 0 Å². The van der Waals surface area contributed by atoms with Crippen molar-refractivity contribution in [1.82, 2.24) is 4.90 Å². The summed E-state index contributed by atoms with van der Waals surface area (Å²) in [5, 5.41) is 10.9. The number of ether oxygens (including phenoxy) is 2. The fourth-order valence-corrected chi connectivity index (χ4v) is 6.58. The van der Waals surface area contributed by atoms with Crippen LogP contribution in [0, 0.1) is 11.8 Å². The van der Waals surface area contributed by atoms with Gasteiger partial charge in [-0.25, -0.2) is 0 Å². The molecule has 5 rings (SSSR count). The number of carbonyl (C=O) groups is 2. The van der Waals surface area contributed by atoms with Crippen molar-refractivity contribution in [2.24, 2.45) is 11.8 Å². The van der Waals surface area contributed by atoms with Gasteiger partial charge in [0.1, 0.15) is 17.9 Å². The van der Waals surface area contributed by atoms with Crippen molar-refractivity contribution in [3.63, 3.8) is 0 Å². The largest absolute Gasteiger partial charge is 0.487 e. The predicted octanol–water partition coefficient (Wildman–Crippen LogP) is 7.35. The van der Waals surface area contributed by atoms with Crippen LogP contribution < -0.4 is 4.74 Å². The van der Waals surface area contributed by atoms with Gasteiger partial charge in [0.05, 0.1) is 18.1 Å². The molecule has 0 radical (unpaired) electrons. The second-order valence-electron chi connectivity index (χ2n) is 11.0. The lowest BCUT2D eigenvalue weighted by atomic mass is 9.71. The van der Waals surface area contributed by atoms with Crippen molar-refractivity contribution in [3.8, 4) is 5.75 Å². The van der Waals surface area contributed by atoms with Gasteiger partial charge in [-0.15, -0.1) is 0 Å². The van der Waals surface area contributed by atoms with E-state index in [9.17, 15) is 14.7 Å². The molecule has 2 aliphatic rings. The highest BCUT2D eigenvalue weighted by molar-refractivity contribution is 9.10. The number of benzene rings is 3. The van der Waals surface area contributed by atoms with E-state index in [0.29, 0.717) is 22.9 Å². The second kappa shape index (κ2) is 11.7. The molecule has 1 fully saturated rings. The summed E-state index contributed by atoms with van der Waals surface area (Å²) < 4.78 is 14.2. The number of halogens is 3. The second-order valence-corrected chi connectivity index (χ2v) is 12.8. The van der Waals surface area contributed by atoms with Crippen LogP contribution in [0.25, 0.3) is 0 Å². The average Bonchev–Trinajstić information content (AvgIpc) is 2.89. The van der Waals surface area contributed by atoms with Crippen LogP contribution in [0.5, 0.6) is 5.75 Å². The molecule has 1 saturated heterocycles.